The third-order valence-electron chi connectivity index (χ3n) is 2.81. The van der Waals surface area contributed by atoms with Gasteiger partial charge in [0.15, 0.2) is 17.2 Å². The molecule has 0 amide bonds. The van der Waals surface area contributed by atoms with Crippen LogP contribution in [-0.4, -0.2) is 16.1 Å². The number of fused-ring (bicyclic) bond motifs is 1. The third kappa shape index (κ3) is 1.91. The molecule has 0 bridgehead atoms. The van der Waals surface area contributed by atoms with Gasteiger partial charge in [-0.15, -0.1) is 0 Å². The molecule has 0 atom stereocenters. The Hall–Kier alpha value is -2.76. The van der Waals surface area contributed by atoms with Crippen molar-refractivity contribution < 1.29 is 23.1 Å². The van der Waals surface area contributed by atoms with E-state index in [-0.39, 0.29) is 22.6 Å². The highest BCUT2D eigenvalue weighted by Gasteiger charge is 2.16. The standard InChI is InChI=1S/C14H7F2NO3/c15-9-5-4-7(6-10(9)16)13-17-11-3-1-2-8(14(18)19)12(11)20-13/h1-6H,(H,18,19). The van der Waals surface area contributed by atoms with Crippen LogP contribution in [0.25, 0.3) is 22.6 Å². The molecule has 0 spiro atoms. The summed E-state index contributed by atoms with van der Waals surface area (Å²) in [7, 11) is 0. The summed E-state index contributed by atoms with van der Waals surface area (Å²) in [5.74, 6) is -3.12. The monoisotopic (exact) mass is 275 g/mol. The van der Waals surface area contributed by atoms with E-state index in [0.717, 1.165) is 12.1 Å². The highest BCUT2D eigenvalue weighted by molar-refractivity contribution is 6.00. The summed E-state index contributed by atoms with van der Waals surface area (Å²) >= 11 is 0. The van der Waals surface area contributed by atoms with E-state index in [9.17, 15) is 13.6 Å². The molecule has 1 aromatic heterocycles. The van der Waals surface area contributed by atoms with E-state index in [1.54, 1.807) is 6.07 Å². The van der Waals surface area contributed by atoms with Gasteiger partial charge >= 0.3 is 5.97 Å². The maximum absolute atomic E-state index is 13.2. The minimum atomic E-state index is -1.15. The topological polar surface area (TPSA) is 63.3 Å². The zero-order chi connectivity index (χ0) is 14.3. The summed E-state index contributed by atoms with van der Waals surface area (Å²) in [6, 6.07) is 7.70. The van der Waals surface area contributed by atoms with Crippen LogP contribution in [0.4, 0.5) is 8.78 Å². The average molecular weight is 275 g/mol. The average Bonchev–Trinajstić information content (AvgIpc) is 2.85. The number of carboxylic acid groups (broad SMARTS) is 1. The molecule has 0 unspecified atom stereocenters. The zero-order valence-electron chi connectivity index (χ0n) is 9.93. The normalized spacial score (nSPS) is 10.9. The van der Waals surface area contributed by atoms with Crippen LogP contribution in [-0.2, 0) is 0 Å². The van der Waals surface area contributed by atoms with Gasteiger partial charge in [0, 0.05) is 5.56 Å². The molecule has 0 saturated carbocycles. The number of rotatable bonds is 2. The number of carboxylic acids is 1. The van der Waals surface area contributed by atoms with E-state index in [1.165, 1.54) is 18.2 Å². The maximum Gasteiger partial charge on any atom is 0.339 e. The number of nitrogens with zero attached hydrogens (tertiary/aromatic N) is 1. The first-order valence-electron chi connectivity index (χ1n) is 5.64. The Bertz CT molecular complexity index is 826. The Morgan fingerprint density at radius 1 is 1.15 bits per heavy atom. The Morgan fingerprint density at radius 3 is 2.65 bits per heavy atom. The number of carbonyl (C=O) groups is 1. The molecular weight excluding hydrogens is 268 g/mol. The summed E-state index contributed by atoms with van der Waals surface area (Å²) in [4.78, 5) is 15.1. The first kappa shape index (κ1) is 12.3. The van der Waals surface area contributed by atoms with Crippen molar-refractivity contribution in [2.75, 3.05) is 0 Å². The van der Waals surface area contributed by atoms with E-state index in [2.05, 4.69) is 4.98 Å². The molecule has 20 heavy (non-hydrogen) atoms. The molecule has 3 rings (SSSR count). The van der Waals surface area contributed by atoms with Crippen molar-refractivity contribution in [1.82, 2.24) is 4.98 Å². The van der Waals surface area contributed by atoms with Crippen LogP contribution in [0.2, 0.25) is 0 Å². The number of aromatic nitrogens is 1. The molecule has 0 radical (unpaired) electrons. The van der Waals surface area contributed by atoms with E-state index in [0.29, 0.717) is 5.52 Å². The van der Waals surface area contributed by atoms with Crippen LogP contribution in [0.15, 0.2) is 40.8 Å². The second-order valence-corrected chi connectivity index (χ2v) is 4.11. The fourth-order valence-electron chi connectivity index (χ4n) is 1.87. The first-order chi connectivity index (χ1) is 9.56. The molecule has 2 aromatic carbocycles. The van der Waals surface area contributed by atoms with E-state index >= 15 is 0 Å². The SMILES string of the molecule is O=C(O)c1cccc2nc(-c3ccc(F)c(F)c3)oc12. The second-order valence-electron chi connectivity index (χ2n) is 4.11. The molecular formula is C14H7F2NO3. The molecule has 4 nitrogen and oxygen atoms in total. The van der Waals surface area contributed by atoms with Gasteiger partial charge < -0.3 is 9.52 Å². The minimum absolute atomic E-state index is 0.0348. The predicted molar refractivity (Wildman–Crippen MR) is 66.3 cm³/mol. The third-order valence-corrected chi connectivity index (χ3v) is 2.81. The Morgan fingerprint density at radius 2 is 1.95 bits per heavy atom. The van der Waals surface area contributed by atoms with Crippen molar-refractivity contribution >= 4 is 17.1 Å². The fraction of sp³-hybridized carbons (Fsp3) is 0. The summed E-state index contributed by atoms with van der Waals surface area (Å²) in [6.45, 7) is 0. The molecule has 0 fully saturated rings. The van der Waals surface area contributed by atoms with Crippen molar-refractivity contribution in [2.24, 2.45) is 0 Å². The van der Waals surface area contributed by atoms with Crippen LogP contribution >= 0.6 is 0 Å². The number of para-hydroxylation sites is 1. The molecule has 100 valence electrons. The van der Waals surface area contributed by atoms with Gasteiger partial charge in [-0.05, 0) is 30.3 Å². The number of aromatic carboxylic acids is 1. The summed E-state index contributed by atoms with van der Waals surface area (Å²) in [6.07, 6.45) is 0. The molecule has 1 N–H and O–H groups in total. The van der Waals surface area contributed by atoms with Crippen LogP contribution in [0.1, 0.15) is 10.4 Å². The van der Waals surface area contributed by atoms with Gasteiger partial charge in [0.2, 0.25) is 5.89 Å². The lowest BCUT2D eigenvalue weighted by Gasteiger charge is -1.96. The van der Waals surface area contributed by atoms with Crippen LogP contribution in [0, 0.1) is 11.6 Å². The van der Waals surface area contributed by atoms with E-state index in [1.807, 2.05) is 0 Å². The van der Waals surface area contributed by atoms with Gasteiger partial charge in [0.05, 0.1) is 0 Å². The summed E-state index contributed by atoms with van der Waals surface area (Å²) in [5.41, 5.74) is 0.629. The van der Waals surface area contributed by atoms with Gasteiger partial charge in [-0.3, -0.25) is 0 Å². The van der Waals surface area contributed by atoms with E-state index < -0.39 is 17.6 Å². The molecule has 0 aliphatic heterocycles. The Labute approximate surface area is 111 Å². The summed E-state index contributed by atoms with van der Waals surface area (Å²) in [5, 5.41) is 9.05. The van der Waals surface area contributed by atoms with Gasteiger partial charge in [0.1, 0.15) is 11.1 Å². The highest BCUT2D eigenvalue weighted by Crippen LogP contribution is 2.27. The van der Waals surface area contributed by atoms with Crippen LogP contribution < -0.4 is 0 Å². The number of oxazole rings is 1. The van der Waals surface area contributed by atoms with E-state index in [4.69, 9.17) is 9.52 Å². The van der Waals surface area contributed by atoms with Gasteiger partial charge in [0.25, 0.3) is 0 Å². The Kier molecular flexibility index (Phi) is 2.71. The first-order valence-corrected chi connectivity index (χ1v) is 5.64. The van der Waals surface area contributed by atoms with Crippen LogP contribution in [0.3, 0.4) is 0 Å². The number of hydrogen-bond acceptors (Lipinski definition) is 3. The maximum atomic E-state index is 13.2. The quantitative estimate of drug-likeness (QED) is 0.777. The molecule has 3 aromatic rings. The number of benzene rings is 2. The molecule has 0 saturated heterocycles. The Balaban J connectivity index is 2.20. The van der Waals surface area contributed by atoms with Crippen molar-refractivity contribution in [2.45, 2.75) is 0 Å². The zero-order valence-corrected chi connectivity index (χ0v) is 9.93. The number of halogens is 2. The smallest absolute Gasteiger partial charge is 0.339 e. The van der Waals surface area contributed by atoms with Crippen LogP contribution in [0.5, 0.6) is 0 Å². The van der Waals surface area contributed by atoms with Crippen molar-refractivity contribution in [3.63, 3.8) is 0 Å². The lowest BCUT2D eigenvalue weighted by atomic mass is 10.2. The predicted octanol–water partition coefficient (Wildman–Crippen LogP) is 3.47. The largest absolute Gasteiger partial charge is 0.478 e. The molecule has 6 heteroatoms. The van der Waals surface area contributed by atoms with Gasteiger partial charge in [-0.25, -0.2) is 18.6 Å². The molecule has 1 heterocycles. The lowest BCUT2D eigenvalue weighted by Crippen LogP contribution is -1.95. The minimum Gasteiger partial charge on any atom is -0.478 e. The second kappa shape index (κ2) is 4.41. The highest BCUT2D eigenvalue weighted by atomic mass is 19.2. The lowest BCUT2D eigenvalue weighted by molar-refractivity contribution is 0.0698. The van der Waals surface area contributed by atoms with Crippen molar-refractivity contribution in [1.29, 1.82) is 0 Å². The number of hydrogen-bond donors (Lipinski definition) is 1. The molecule has 0 aliphatic rings. The van der Waals surface area contributed by atoms with Gasteiger partial charge in [-0.1, -0.05) is 6.07 Å². The summed E-state index contributed by atoms with van der Waals surface area (Å²) < 4.78 is 31.4. The molecule has 0 aliphatic carbocycles. The van der Waals surface area contributed by atoms with Crippen molar-refractivity contribution in [3.05, 3.63) is 53.6 Å². The van der Waals surface area contributed by atoms with Gasteiger partial charge in [-0.2, -0.15) is 0 Å². The fourth-order valence-corrected chi connectivity index (χ4v) is 1.87. The van der Waals surface area contributed by atoms with Crippen molar-refractivity contribution in [3.8, 4) is 11.5 Å².